The van der Waals surface area contributed by atoms with Crippen molar-refractivity contribution >= 4 is 5.69 Å². The SMILES string of the molecule is Cc1c(CNc2ccc(OCCO)nc2)cc(C#N)n1C. The third kappa shape index (κ3) is 3.52. The van der Waals surface area contributed by atoms with Gasteiger partial charge in [-0.25, -0.2) is 4.98 Å². The smallest absolute Gasteiger partial charge is 0.213 e. The van der Waals surface area contributed by atoms with E-state index in [0.29, 0.717) is 18.1 Å². The standard InChI is InChI=1S/C15H18N4O2/c1-11-12(7-14(8-16)19(11)2)9-17-13-3-4-15(18-10-13)21-6-5-20/h3-4,7,10,17,20H,5-6,9H2,1-2H3. The van der Waals surface area contributed by atoms with E-state index in [1.807, 2.05) is 30.7 Å². The van der Waals surface area contributed by atoms with Crippen molar-refractivity contribution in [3.05, 3.63) is 41.3 Å². The lowest BCUT2D eigenvalue weighted by molar-refractivity contribution is 0.196. The number of nitrogens with one attached hydrogen (secondary N) is 1. The highest BCUT2D eigenvalue weighted by Gasteiger charge is 2.08. The Kier molecular flexibility index (Phi) is 4.80. The van der Waals surface area contributed by atoms with Crippen molar-refractivity contribution in [1.82, 2.24) is 9.55 Å². The van der Waals surface area contributed by atoms with E-state index in [0.717, 1.165) is 16.9 Å². The predicted octanol–water partition coefficient (Wildman–Crippen LogP) is 1.58. The van der Waals surface area contributed by atoms with Crippen molar-refractivity contribution in [2.24, 2.45) is 7.05 Å². The zero-order valence-electron chi connectivity index (χ0n) is 12.1. The highest BCUT2D eigenvalue weighted by Crippen LogP contribution is 2.16. The summed E-state index contributed by atoms with van der Waals surface area (Å²) in [5, 5.41) is 20.9. The second-order valence-corrected chi connectivity index (χ2v) is 4.62. The molecule has 0 atom stereocenters. The fraction of sp³-hybridized carbons (Fsp3) is 0.333. The monoisotopic (exact) mass is 286 g/mol. The van der Waals surface area contributed by atoms with Crippen molar-refractivity contribution < 1.29 is 9.84 Å². The Labute approximate surface area is 123 Å². The number of rotatable bonds is 6. The minimum atomic E-state index is -0.0316. The molecule has 0 aliphatic rings. The first-order valence-electron chi connectivity index (χ1n) is 6.64. The van der Waals surface area contributed by atoms with E-state index in [2.05, 4.69) is 16.4 Å². The summed E-state index contributed by atoms with van der Waals surface area (Å²) in [6.45, 7) is 2.82. The van der Waals surface area contributed by atoms with Crippen LogP contribution in [-0.4, -0.2) is 27.9 Å². The van der Waals surface area contributed by atoms with Gasteiger partial charge >= 0.3 is 0 Å². The van der Waals surface area contributed by atoms with Crippen LogP contribution < -0.4 is 10.1 Å². The summed E-state index contributed by atoms with van der Waals surface area (Å²) in [7, 11) is 1.88. The molecule has 6 nitrogen and oxygen atoms in total. The van der Waals surface area contributed by atoms with Crippen LogP contribution in [0.1, 0.15) is 17.0 Å². The van der Waals surface area contributed by atoms with Gasteiger partial charge in [0.05, 0.1) is 18.5 Å². The van der Waals surface area contributed by atoms with Gasteiger partial charge in [-0.1, -0.05) is 0 Å². The van der Waals surface area contributed by atoms with E-state index < -0.39 is 0 Å². The molecule has 6 heteroatoms. The van der Waals surface area contributed by atoms with E-state index >= 15 is 0 Å². The molecule has 0 saturated heterocycles. The van der Waals surface area contributed by atoms with Gasteiger partial charge in [0, 0.05) is 25.4 Å². The van der Waals surface area contributed by atoms with Gasteiger partial charge in [-0.15, -0.1) is 0 Å². The van der Waals surface area contributed by atoms with Crippen molar-refractivity contribution in [1.29, 1.82) is 5.26 Å². The number of pyridine rings is 1. The zero-order valence-corrected chi connectivity index (χ0v) is 12.1. The van der Waals surface area contributed by atoms with Gasteiger partial charge in [0.15, 0.2) is 0 Å². The normalized spacial score (nSPS) is 10.2. The minimum Gasteiger partial charge on any atom is -0.475 e. The molecule has 0 aliphatic carbocycles. The topological polar surface area (TPSA) is 83.1 Å². The van der Waals surface area contributed by atoms with E-state index in [-0.39, 0.29) is 13.2 Å². The summed E-state index contributed by atoms with van der Waals surface area (Å²) in [5.41, 5.74) is 3.66. The largest absolute Gasteiger partial charge is 0.475 e. The van der Waals surface area contributed by atoms with Gasteiger partial charge < -0.3 is 19.7 Å². The van der Waals surface area contributed by atoms with Crippen LogP contribution in [0, 0.1) is 18.3 Å². The van der Waals surface area contributed by atoms with Gasteiger partial charge in [-0.3, -0.25) is 0 Å². The first-order chi connectivity index (χ1) is 10.2. The third-order valence-corrected chi connectivity index (χ3v) is 3.32. The molecular formula is C15H18N4O2. The Morgan fingerprint density at radius 2 is 2.29 bits per heavy atom. The molecule has 0 spiro atoms. The van der Waals surface area contributed by atoms with Crippen LogP contribution in [0.25, 0.3) is 0 Å². The molecule has 2 aromatic rings. The molecule has 0 bridgehead atoms. The summed E-state index contributed by atoms with van der Waals surface area (Å²) in [6.07, 6.45) is 1.68. The highest BCUT2D eigenvalue weighted by atomic mass is 16.5. The Morgan fingerprint density at radius 1 is 1.48 bits per heavy atom. The average Bonchev–Trinajstić information content (AvgIpc) is 2.79. The summed E-state index contributed by atoms with van der Waals surface area (Å²) >= 11 is 0. The molecule has 2 heterocycles. The molecule has 0 saturated carbocycles. The highest BCUT2D eigenvalue weighted by molar-refractivity contribution is 5.44. The van der Waals surface area contributed by atoms with Crippen LogP contribution in [0.15, 0.2) is 24.4 Å². The van der Waals surface area contributed by atoms with Gasteiger partial charge in [-0.2, -0.15) is 5.26 Å². The summed E-state index contributed by atoms with van der Waals surface area (Å²) in [5.74, 6) is 0.484. The fourth-order valence-corrected chi connectivity index (χ4v) is 1.97. The number of hydrogen-bond acceptors (Lipinski definition) is 5. The quantitative estimate of drug-likeness (QED) is 0.842. The van der Waals surface area contributed by atoms with E-state index in [9.17, 15) is 0 Å². The van der Waals surface area contributed by atoms with E-state index in [4.69, 9.17) is 15.1 Å². The molecule has 2 N–H and O–H groups in total. The van der Waals surface area contributed by atoms with Gasteiger partial charge in [0.2, 0.25) is 5.88 Å². The van der Waals surface area contributed by atoms with Gasteiger partial charge in [0.1, 0.15) is 18.4 Å². The molecule has 21 heavy (non-hydrogen) atoms. The number of nitriles is 1. The molecule has 0 radical (unpaired) electrons. The number of aliphatic hydroxyl groups excluding tert-OH is 1. The summed E-state index contributed by atoms with van der Waals surface area (Å²) in [6, 6.07) is 7.66. The molecule has 110 valence electrons. The Bertz CT molecular complexity index is 641. The maximum Gasteiger partial charge on any atom is 0.213 e. The van der Waals surface area contributed by atoms with Crippen LogP contribution in [0.5, 0.6) is 5.88 Å². The lowest BCUT2D eigenvalue weighted by atomic mass is 10.2. The molecule has 2 rings (SSSR count). The molecule has 0 aromatic carbocycles. The maximum absolute atomic E-state index is 9.01. The minimum absolute atomic E-state index is 0.0316. The molecule has 0 amide bonds. The molecule has 2 aromatic heterocycles. The van der Waals surface area contributed by atoms with Crippen LogP contribution >= 0.6 is 0 Å². The average molecular weight is 286 g/mol. The molecule has 0 unspecified atom stereocenters. The molecular weight excluding hydrogens is 268 g/mol. The van der Waals surface area contributed by atoms with Crippen molar-refractivity contribution in [3.63, 3.8) is 0 Å². The van der Waals surface area contributed by atoms with Crippen molar-refractivity contribution in [2.45, 2.75) is 13.5 Å². The second kappa shape index (κ2) is 6.77. The number of aromatic nitrogens is 2. The van der Waals surface area contributed by atoms with Crippen molar-refractivity contribution in [2.75, 3.05) is 18.5 Å². The maximum atomic E-state index is 9.01. The fourth-order valence-electron chi connectivity index (χ4n) is 1.97. The Balaban J connectivity index is 1.98. The number of aliphatic hydroxyl groups is 1. The van der Waals surface area contributed by atoms with Crippen LogP contribution in [0.2, 0.25) is 0 Å². The predicted molar refractivity (Wildman–Crippen MR) is 79.0 cm³/mol. The Hall–Kier alpha value is -2.52. The van der Waals surface area contributed by atoms with Crippen molar-refractivity contribution in [3.8, 4) is 11.9 Å². The first-order valence-corrected chi connectivity index (χ1v) is 6.64. The number of ether oxygens (including phenoxy) is 1. The first kappa shape index (κ1) is 14.9. The number of nitrogens with zero attached hydrogens (tertiary/aromatic N) is 3. The number of hydrogen-bond donors (Lipinski definition) is 2. The molecule has 0 aliphatic heterocycles. The Morgan fingerprint density at radius 3 is 2.86 bits per heavy atom. The lowest BCUT2D eigenvalue weighted by Gasteiger charge is -2.08. The van der Waals surface area contributed by atoms with Crippen LogP contribution in [-0.2, 0) is 13.6 Å². The van der Waals surface area contributed by atoms with Crippen LogP contribution in [0.4, 0.5) is 5.69 Å². The van der Waals surface area contributed by atoms with Gasteiger partial charge in [-0.05, 0) is 24.6 Å². The number of anilines is 1. The zero-order chi connectivity index (χ0) is 15.2. The van der Waals surface area contributed by atoms with E-state index in [1.165, 1.54) is 0 Å². The van der Waals surface area contributed by atoms with Gasteiger partial charge in [0.25, 0.3) is 0 Å². The second-order valence-electron chi connectivity index (χ2n) is 4.62. The van der Waals surface area contributed by atoms with Crippen LogP contribution in [0.3, 0.4) is 0 Å². The molecule has 0 fully saturated rings. The third-order valence-electron chi connectivity index (χ3n) is 3.32. The summed E-state index contributed by atoms with van der Waals surface area (Å²) in [4.78, 5) is 4.14. The lowest BCUT2D eigenvalue weighted by Crippen LogP contribution is -2.04. The van der Waals surface area contributed by atoms with E-state index in [1.54, 1.807) is 12.3 Å². The summed E-state index contributed by atoms with van der Waals surface area (Å²) < 4.78 is 7.07.